The van der Waals surface area contributed by atoms with E-state index in [-0.39, 0.29) is 29.6 Å². The highest BCUT2D eigenvalue weighted by Crippen LogP contribution is 2.27. The molecule has 1 aromatic carbocycles. The van der Waals surface area contributed by atoms with Gasteiger partial charge in [0.1, 0.15) is 5.82 Å². The molecular weight excluding hydrogens is 385 g/mol. The smallest absolute Gasteiger partial charge is 0.253 e. The molecule has 1 aliphatic heterocycles. The number of nitrogens with one attached hydrogen (secondary N) is 1. The van der Waals surface area contributed by atoms with Gasteiger partial charge in [-0.25, -0.2) is 4.39 Å². The van der Waals surface area contributed by atoms with Crippen LogP contribution in [0.15, 0.2) is 42.6 Å². The number of pyridine rings is 1. The lowest BCUT2D eigenvalue weighted by atomic mass is 9.84. The maximum Gasteiger partial charge on any atom is 0.253 e. The summed E-state index contributed by atoms with van der Waals surface area (Å²) in [6.45, 7) is 2.49. The molecule has 2 atom stereocenters. The number of hydrogen-bond donors (Lipinski definition) is 1. The molecule has 1 saturated carbocycles. The predicted octanol–water partition coefficient (Wildman–Crippen LogP) is 3.04. The van der Waals surface area contributed by atoms with E-state index in [2.05, 4.69) is 10.3 Å². The summed E-state index contributed by atoms with van der Waals surface area (Å²) in [5.41, 5.74) is 1.73. The molecule has 4 rings (SSSR count). The average molecular weight is 411 g/mol. The average Bonchev–Trinajstić information content (AvgIpc) is 2.79. The summed E-state index contributed by atoms with van der Waals surface area (Å²) in [6.07, 6.45) is 4.83. The fourth-order valence-electron chi connectivity index (χ4n) is 4.20. The summed E-state index contributed by atoms with van der Waals surface area (Å²) in [7, 11) is 0. The third-order valence-corrected chi connectivity index (χ3v) is 5.83. The largest absolute Gasteiger partial charge is 0.378 e. The third-order valence-electron chi connectivity index (χ3n) is 5.83. The van der Waals surface area contributed by atoms with Gasteiger partial charge in [0.25, 0.3) is 5.91 Å². The van der Waals surface area contributed by atoms with Crippen LogP contribution in [0, 0.1) is 11.7 Å². The Morgan fingerprint density at radius 2 is 1.97 bits per heavy atom. The van der Waals surface area contributed by atoms with Gasteiger partial charge in [-0.15, -0.1) is 0 Å². The minimum Gasteiger partial charge on any atom is -0.378 e. The number of amides is 2. The predicted molar refractivity (Wildman–Crippen MR) is 110 cm³/mol. The maximum absolute atomic E-state index is 13.4. The number of hydrogen-bond acceptors (Lipinski definition) is 4. The topological polar surface area (TPSA) is 71.5 Å². The van der Waals surface area contributed by atoms with Gasteiger partial charge in [-0.1, -0.05) is 18.6 Å². The number of ether oxygens (including phenoxy) is 1. The molecule has 0 radical (unpaired) electrons. The van der Waals surface area contributed by atoms with Gasteiger partial charge in [-0.2, -0.15) is 0 Å². The van der Waals surface area contributed by atoms with Gasteiger partial charge >= 0.3 is 0 Å². The van der Waals surface area contributed by atoms with E-state index >= 15 is 0 Å². The van der Waals surface area contributed by atoms with Crippen molar-refractivity contribution < 1.29 is 18.7 Å². The monoisotopic (exact) mass is 411 g/mol. The Balaban J connectivity index is 1.35. The highest BCUT2D eigenvalue weighted by molar-refractivity contribution is 5.94. The summed E-state index contributed by atoms with van der Waals surface area (Å²) >= 11 is 0. The first-order valence-corrected chi connectivity index (χ1v) is 10.5. The van der Waals surface area contributed by atoms with E-state index < -0.39 is 0 Å². The van der Waals surface area contributed by atoms with Gasteiger partial charge in [0.05, 0.1) is 24.5 Å². The number of halogens is 1. The van der Waals surface area contributed by atoms with E-state index in [1.165, 1.54) is 18.3 Å². The van der Waals surface area contributed by atoms with Gasteiger partial charge in [0, 0.05) is 36.8 Å². The van der Waals surface area contributed by atoms with Gasteiger partial charge in [-0.05, 0) is 43.5 Å². The fourth-order valence-corrected chi connectivity index (χ4v) is 4.20. The Labute approximate surface area is 175 Å². The first kappa shape index (κ1) is 20.5. The van der Waals surface area contributed by atoms with E-state index in [9.17, 15) is 14.0 Å². The molecule has 158 valence electrons. The molecule has 1 N–H and O–H groups in total. The normalized spacial score (nSPS) is 21.8. The van der Waals surface area contributed by atoms with Crippen LogP contribution in [-0.2, 0) is 9.53 Å². The van der Waals surface area contributed by atoms with Crippen LogP contribution in [0.1, 0.15) is 36.0 Å². The highest BCUT2D eigenvalue weighted by Gasteiger charge is 2.31. The number of benzene rings is 1. The van der Waals surface area contributed by atoms with Crippen molar-refractivity contribution in [3.8, 4) is 11.3 Å². The molecule has 6 nitrogen and oxygen atoms in total. The molecule has 2 amide bonds. The minimum atomic E-state index is -0.324. The minimum absolute atomic E-state index is 0.0239. The van der Waals surface area contributed by atoms with Crippen molar-refractivity contribution >= 4 is 11.8 Å². The standard InChI is InChI=1S/C23H26FN3O3/c24-19-5-1-3-16(13-19)21-8-7-18(15-25-21)22(28)26-20-6-2-4-17(14-20)23(29)27-9-11-30-12-10-27/h1,3,5,7-8,13,15,17,20H,2,4,6,9-12,14H2,(H,26,28). The van der Waals surface area contributed by atoms with Crippen LogP contribution in [0.2, 0.25) is 0 Å². The van der Waals surface area contributed by atoms with Crippen LogP contribution in [0.5, 0.6) is 0 Å². The van der Waals surface area contributed by atoms with Crippen LogP contribution in [0.3, 0.4) is 0 Å². The lowest BCUT2D eigenvalue weighted by molar-refractivity contribution is -0.140. The highest BCUT2D eigenvalue weighted by atomic mass is 19.1. The molecule has 30 heavy (non-hydrogen) atoms. The van der Waals surface area contributed by atoms with Crippen LogP contribution in [0.4, 0.5) is 4.39 Å². The maximum atomic E-state index is 13.4. The number of carbonyl (C=O) groups is 2. The van der Waals surface area contributed by atoms with Crippen LogP contribution in [-0.4, -0.2) is 54.0 Å². The second-order valence-electron chi connectivity index (χ2n) is 7.91. The van der Waals surface area contributed by atoms with Crippen molar-refractivity contribution in [2.75, 3.05) is 26.3 Å². The molecule has 2 heterocycles. The van der Waals surface area contributed by atoms with Gasteiger partial charge in [0.2, 0.25) is 5.91 Å². The molecular formula is C23H26FN3O3. The van der Waals surface area contributed by atoms with Crippen molar-refractivity contribution in [3.05, 3.63) is 54.0 Å². The first-order valence-electron chi connectivity index (χ1n) is 10.5. The molecule has 1 aromatic heterocycles. The molecule has 2 fully saturated rings. The van der Waals surface area contributed by atoms with Crippen molar-refractivity contribution in [1.82, 2.24) is 15.2 Å². The molecule has 2 aliphatic rings. The molecule has 0 spiro atoms. The molecule has 2 unspecified atom stereocenters. The van der Waals surface area contributed by atoms with E-state index in [0.29, 0.717) is 49.5 Å². The van der Waals surface area contributed by atoms with E-state index in [1.54, 1.807) is 24.3 Å². The van der Waals surface area contributed by atoms with Crippen molar-refractivity contribution in [3.63, 3.8) is 0 Å². The molecule has 1 aliphatic carbocycles. The van der Waals surface area contributed by atoms with Crippen molar-refractivity contribution in [2.45, 2.75) is 31.7 Å². The Morgan fingerprint density at radius 3 is 2.70 bits per heavy atom. The summed E-state index contributed by atoms with van der Waals surface area (Å²) in [5.74, 6) is -0.388. The van der Waals surface area contributed by atoms with Gasteiger partial charge < -0.3 is 15.0 Å². The van der Waals surface area contributed by atoms with Crippen molar-refractivity contribution in [2.24, 2.45) is 5.92 Å². The zero-order chi connectivity index (χ0) is 20.9. The zero-order valence-corrected chi connectivity index (χ0v) is 16.9. The SMILES string of the molecule is O=C(NC1CCCC(C(=O)N2CCOCC2)C1)c1ccc(-c2cccc(F)c2)nc1. The molecule has 2 aromatic rings. The second-order valence-corrected chi connectivity index (χ2v) is 7.91. The Kier molecular flexibility index (Phi) is 6.38. The Morgan fingerprint density at radius 1 is 1.13 bits per heavy atom. The molecule has 0 bridgehead atoms. The molecule has 7 heteroatoms. The first-order chi connectivity index (χ1) is 14.6. The summed E-state index contributed by atoms with van der Waals surface area (Å²) in [4.78, 5) is 31.6. The van der Waals surface area contributed by atoms with Crippen molar-refractivity contribution in [1.29, 1.82) is 0 Å². The Hall–Kier alpha value is -2.80. The lowest BCUT2D eigenvalue weighted by Gasteiger charge is -2.34. The number of rotatable bonds is 4. The summed E-state index contributed by atoms with van der Waals surface area (Å²) in [5, 5.41) is 3.06. The fraction of sp³-hybridized carbons (Fsp3) is 0.435. The van der Waals surface area contributed by atoms with Gasteiger partial charge in [-0.3, -0.25) is 14.6 Å². The summed E-state index contributed by atoms with van der Waals surface area (Å²) in [6, 6.07) is 9.59. The quantitative estimate of drug-likeness (QED) is 0.840. The zero-order valence-electron chi connectivity index (χ0n) is 16.9. The second kappa shape index (κ2) is 9.34. The van der Waals surface area contributed by atoms with Gasteiger partial charge in [0.15, 0.2) is 0 Å². The number of nitrogens with zero attached hydrogens (tertiary/aromatic N) is 2. The lowest BCUT2D eigenvalue weighted by Crippen LogP contribution is -2.47. The Bertz CT molecular complexity index is 897. The number of carbonyl (C=O) groups excluding carboxylic acids is 2. The van der Waals surface area contributed by atoms with E-state index in [4.69, 9.17) is 4.74 Å². The van der Waals surface area contributed by atoms with E-state index in [0.717, 1.165) is 19.3 Å². The van der Waals surface area contributed by atoms with Crippen LogP contribution in [0.25, 0.3) is 11.3 Å². The number of morpholine rings is 1. The van der Waals surface area contributed by atoms with E-state index in [1.807, 2.05) is 4.90 Å². The van der Waals surface area contributed by atoms with Crippen LogP contribution >= 0.6 is 0 Å². The third kappa shape index (κ3) is 4.84. The van der Waals surface area contributed by atoms with Crippen LogP contribution < -0.4 is 5.32 Å². The number of aromatic nitrogens is 1. The summed E-state index contributed by atoms with van der Waals surface area (Å²) < 4.78 is 18.7. The molecule has 1 saturated heterocycles.